The van der Waals surface area contributed by atoms with E-state index >= 15 is 0 Å². The molecule has 1 saturated carbocycles. The Morgan fingerprint density at radius 1 is 1.39 bits per heavy atom. The first-order valence-corrected chi connectivity index (χ1v) is 8.96. The van der Waals surface area contributed by atoms with Crippen LogP contribution in [0.3, 0.4) is 0 Å². The maximum Gasteiger partial charge on any atom is 0.309 e. The average Bonchev–Trinajstić information content (AvgIpc) is 2.50. The second-order valence-electron chi connectivity index (χ2n) is 8.10. The van der Waals surface area contributed by atoms with Crippen molar-refractivity contribution in [3.8, 4) is 0 Å². The Balaban J connectivity index is 2.29. The Kier molecular flexibility index (Phi) is 5.40. The minimum Gasteiger partial charge on any atom is -0.481 e. The zero-order chi connectivity index (χ0) is 17.3. The third kappa shape index (κ3) is 3.26. The number of carboxylic acids is 1. The van der Waals surface area contributed by atoms with Gasteiger partial charge < -0.3 is 10.2 Å². The smallest absolute Gasteiger partial charge is 0.309 e. The predicted molar refractivity (Wildman–Crippen MR) is 93.1 cm³/mol. The predicted octanol–water partition coefficient (Wildman–Crippen LogP) is 4.57. The van der Waals surface area contributed by atoms with Crippen LogP contribution in [0.5, 0.6) is 0 Å². The molecule has 0 bridgehead atoms. The van der Waals surface area contributed by atoms with Crippen LogP contribution in [0.25, 0.3) is 0 Å². The molecular formula is C20H32O3. The zero-order valence-corrected chi connectivity index (χ0v) is 15.1. The fourth-order valence-corrected chi connectivity index (χ4v) is 4.67. The number of hydrogen-bond donors (Lipinski definition) is 2. The lowest BCUT2D eigenvalue weighted by molar-refractivity contribution is -0.152. The van der Waals surface area contributed by atoms with Crippen molar-refractivity contribution in [2.24, 2.45) is 22.7 Å². The van der Waals surface area contributed by atoms with Crippen LogP contribution in [0.4, 0.5) is 0 Å². The summed E-state index contributed by atoms with van der Waals surface area (Å²) in [5.41, 5.74) is 2.08. The van der Waals surface area contributed by atoms with Crippen molar-refractivity contribution in [2.75, 3.05) is 6.61 Å². The first-order chi connectivity index (χ1) is 10.8. The molecule has 130 valence electrons. The van der Waals surface area contributed by atoms with Crippen molar-refractivity contribution in [1.29, 1.82) is 0 Å². The Hall–Kier alpha value is -1.09. The van der Waals surface area contributed by atoms with Crippen LogP contribution in [0.2, 0.25) is 0 Å². The number of carbonyl (C=O) groups is 1. The Morgan fingerprint density at radius 2 is 2.09 bits per heavy atom. The van der Waals surface area contributed by atoms with Crippen molar-refractivity contribution in [3.05, 3.63) is 23.3 Å². The van der Waals surface area contributed by atoms with Crippen LogP contribution < -0.4 is 0 Å². The molecule has 3 heteroatoms. The molecule has 2 N–H and O–H groups in total. The molecule has 0 saturated heterocycles. The van der Waals surface area contributed by atoms with Crippen molar-refractivity contribution >= 4 is 5.97 Å². The van der Waals surface area contributed by atoms with Gasteiger partial charge in [0.15, 0.2) is 0 Å². The van der Waals surface area contributed by atoms with E-state index in [1.54, 1.807) is 0 Å². The molecule has 0 radical (unpaired) electrons. The molecule has 0 amide bonds. The number of fused-ring (bicyclic) bond motifs is 1. The van der Waals surface area contributed by atoms with E-state index in [9.17, 15) is 9.90 Å². The average molecular weight is 320 g/mol. The molecule has 23 heavy (non-hydrogen) atoms. The van der Waals surface area contributed by atoms with Crippen LogP contribution in [-0.4, -0.2) is 22.8 Å². The highest BCUT2D eigenvalue weighted by Gasteiger charge is 2.52. The molecule has 0 aliphatic heterocycles. The van der Waals surface area contributed by atoms with Gasteiger partial charge in [-0.25, -0.2) is 0 Å². The van der Waals surface area contributed by atoms with E-state index in [4.69, 9.17) is 5.11 Å². The fraction of sp³-hybridized carbons (Fsp3) is 0.750. The Labute approximate surface area is 140 Å². The second-order valence-corrected chi connectivity index (χ2v) is 8.10. The lowest BCUT2D eigenvalue weighted by Crippen LogP contribution is -2.47. The van der Waals surface area contributed by atoms with Gasteiger partial charge in [0.1, 0.15) is 0 Å². The molecule has 3 nitrogen and oxygen atoms in total. The highest BCUT2D eigenvalue weighted by molar-refractivity contribution is 5.75. The molecule has 4 atom stereocenters. The van der Waals surface area contributed by atoms with Crippen LogP contribution in [0.1, 0.15) is 66.2 Å². The third-order valence-corrected chi connectivity index (χ3v) is 6.77. The van der Waals surface area contributed by atoms with Gasteiger partial charge in [0, 0.05) is 0 Å². The van der Waals surface area contributed by atoms with Gasteiger partial charge in [0.25, 0.3) is 0 Å². The van der Waals surface area contributed by atoms with Crippen LogP contribution in [0, 0.1) is 22.7 Å². The molecule has 0 heterocycles. The Bertz CT molecular complexity index is 519. The van der Waals surface area contributed by atoms with Crippen molar-refractivity contribution < 1.29 is 15.0 Å². The highest BCUT2D eigenvalue weighted by atomic mass is 16.4. The van der Waals surface area contributed by atoms with Gasteiger partial charge in [0.2, 0.25) is 0 Å². The Morgan fingerprint density at radius 3 is 2.70 bits per heavy atom. The largest absolute Gasteiger partial charge is 0.481 e. The topological polar surface area (TPSA) is 57.5 Å². The number of aliphatic hydroxyl groups is 1. The van der Waals surface area contributed by atoms with Crippen molar-refractivity contribution in [1.82, 2.24) is 0 Å². The molecule has 0 aromatic rings. The van der Waals surface area contributed by atoms with E-state index in [0.717, 1.165) is 38.5 Å². The number of hydrogen-bond acceptors (Lipinski definition) is 2. The van der Waals surface area contributed by atoms with E-state index in [1.807, 2.05) is 13.0 Å². The lowest BCUT2D eigenvalue weighted by Gasteiger charge is -2.52. The summed E-state index contributed by atoms with van der Waals surface area (Å²) in [4.78, 5) is 11.9. The maximum absolute atomic E-state index is 11.9. The first kappa shape index (κ1) is 18.3. The van der Waals surface area contributed by atoms with Gasteiger partial charge in [-0.1, -0.05) is 37.1 Å². The van der Waals surface area contributed by atoms with Crippen molar-refractivity contribution in [3.63, 3.8) is 0 Å². The minimum absolute atomic E-state index is 0.0740. The minimum atomic E-state index is -0.638. The molecule has 2 aliphatic rings. The SMILES string of the molecule is C/C(=C/CO)CC[C@]1(C)C2=CCC[C@](C)(C(=O)O)[C@@H]2CC[C@@H]1C. The van der Waals surface area contributed by atoms with Gasteiger partial charge in [-0.2, -0.15) is 0 Å². The number of rotatable bonds is 5. The summed E-state index contributed by atoms with van der Waals surface area (Å²) < 4.78 is 0. The summed E-state index contributed by atoms with van der Waals surface area (Å²) in [5.74, 6) is 0.113. The quantitative estimate of drug-likeness (QED) is 0.730. The van der Waals surface area contributed by atoms with Gasteiger partial charge in [0.05, 0.1) is 12.0 Å². The maximum atomic E-state index is 11.9. The van der Waals surface area contributed by atoms with Crippen LogP contribution in [0.15, 0.2) is 23.3 Å². The van der Waals surface area contributed by atoms with E-state index in [1.165, 1.54) is 11.1 Å². The summed E-state index contributed by atoms with van der Waals surface area (Å²) in [5, 5.41) is 18.9. The summed E-state index contributed by atoms with van der Waals surface area (Å²) in [6.07, 6.45) is 9.96. The summed E-state index contributed by atoms with van der Waals surface area (Å²) in [6.45, 7) is 8.76. The van der Waals surface area contributed by atoms with E-state index in [0.29, 0.717) is 5.92 Å². The molecule has 0 aromatic heterocycles. The third-order valence-electron chi connectivity index (χ3n) is 6.77. The van der Waals surface area contributed by atoms with Crippen molar-refractivity contribution in [2.45, 2.75) is 66.2 Å². The number of aliphatic carboxylic acids is 1. The molecule has 0 spiro atoms. The van der Waals surface area contributed by atoms with Gasteiger partial charge in [-0.05, 0) is 69.6 Å². The monoisotopic (exact) mass is 320 g/mol. The van der Waals surface area contributed by atoms with Gasteiger partial charge in [-0.3, -0.25) is 4.79 Å². The number of allylic oxidation sites excluding steroid dienone is 3. The second kappa shape index (κ2) is 6.80. The van der Waals surface area contributed by atoms with Gasteiger partial charge in [-0.15, -0.1) is 0 Å². The molecular weight excluding hydrogens is 288 g/mol. The first-order valence-electron chi connectivity index (χ1n) is 8.96. The fourth-order valence-electron chi connectivity index (χ4n) is 4.67. The molecule has 1 fully saturated rings. The lowest BCUT2D eigenvalue weighted by atomic mass is 9.51. The summed E-state index contributed by atoms with van der Waals surface area (Å²) in [7, 11) is 0. The summed E-state index contributed by atoms with van der Waals surface area (Å²) >= 11 is 0. The number of aliphatic hydroxyl groups excluding tert-OH is 1. The normalized spacial score (nSPS) is 38.0. The molecule has 2 rings (SSSR count). The molecule has 0 unspecified atom stereocenters. The number of carboxylic acid groups (broad SMARTS) is 1. The van der Waals surface area contributed by atoms with E-state index < -0.39 is 11.4 Å². The van der Waals surface area contributed by atoms with E-state index in [-0.39, 0.29) is 17.9 Å². The standard InChI is InChI=1S/C20H32O3/c1-14(10-13-21)9-12-19(3)15(2)7-8-17-16(19)6-5-11-20(17,4)18(22)23/h6,10,15,17,21H,5,7-9,11-13H2,1-4H3,(H,22,23)/b14-10-/t15-,17+,19-,20-/m0/s1. The highest BCUT2D eigenvalue weighted by Crippen LogP contribution is 2.58. The van der Waals surface area contributed by atoms with Crippen LogP contribution >= 0.6 is 0 Å². The van der Waals surface area contributed by atoms with Gasteiger partial charge >= 0.3 is 5.97 Å². The molecule has 2 aliphatic carbocycles. The molecule has 0 aromatic carbocycles. The van der Waals surface area contributed by atoms with E-state index in [2.05, 4.69) is 26.8 Å². The van der Waals surface area contributed by atoms with Crippen LogP contribution in [-0.2, 0) is 4.79 Å². The summed E-state index contributed by atoms with van der Waals surface area (Å²) in [6, 6.07) is 0. The zero-order valence-electron chi connectivity index (χ0n) is 15.1.